The molecule has 0 radical (unpaired) electrons. The number of nitrogens with zero attached hydrogens (tertiary/aromatic N) is 1. The Morgan fingerprint density at radius 2 is 2.18 bits per heavy atom. The van der Waals surface area contributed by atoms with Crippen LogP contribution in [0.4, 0.5) is 5.00 Å². The first-order valence-electron chi connectivity index (χ1n) is 11.2. The Labute approximate surface area is 201 Å². The Kier molecular flexibility index (Phi) is 7.29. The van der Waals surface area contributed by atoms with Crippen molar-refractivity contribution in [3.8, 4) is 5.75 Å². The highest BCUT2D eigenvalue weighted by molar-refractivity contribution is 7.99. The highest BCUT2D eigenvalue weighted by Crippen LogP contribution is 2.40. The summed E-state index contributed by atoms with van der Waals surface area (Å²) in [7, 11) is 0. The molecule has 0 bridgehead atoms. The Morgan fingerprint density at radius 1 is 1.36 bits per heavy atom. The van der Waals surface area contributed by atoms with Crippen LogP contribution in [0.1, 0.15) is 54.9 Å². The fourth-order valence-electron chi connectivity index (χ4n) is 3.91. The van der Waals surface area contributed by atoms with E-state index in [1.54, 1.807) is 0 Å². The first kappa shape index (κ1) is 23.6. The maximum Gasteiger partial charge on any atom is 0.341 e. The van der Waals surface area contributed by atoms with Gasteiger partial charge in [-0.1, -0.05) is 18.7 Å². The number of ether oxygens (including phenoxy) is 2. The largest absolute Gasteiger partial charge is 0.494 e. The lowest BCUT2D eigenvalue weighted by Crippen LogP contribution is -2.19. The van der Waals surface area contributed by atoms with Crippen LogP contribution in [0, 0.1) is 5.92 Å². The van der Waals surface area contributed by atoms with Gasteiger partial charge < -0.3 is 19.8 Å². The number of benzene rings is 1. The van der Waals surface area contributed by atoms with E-state index in [-0.39, 0.29) is 23.7 Å². The average molecular weight is 488 g/mol. The van der Waals surface area contributed by atoms with E-state index < -0.39 is 0 Å². The number of amides is 1. The van der Waals surface area contributed by atoms with E-state index >= 15 is 0 Å². The number of esters is 1. The van der Waals surface area contributed by atoms with Gasteiger partial charge in [-0.05, 0) is 63.6 Å². The molecule has 0 fully saturated rings. The number of carbonyl (C=O) groups is 2. The van der Waals surface area contributed by atoms with Crippen LogP contribution < -0.4 is 10.1 Å². The zero-order valence-electron chi connectivity index (χ0n) is 19.3. The Morgan fingerprint density at radius 3 is 2.94 bits per heavy atom. The molecule has 176 valence electrons. The maximum absolute atomic E-state index is 12.8. The highest BCUT2D eigenvalue weighted by atomic mass is 32.2. The van der Waals surface area contributed by atoms with E-state index in [1.807, 2.05) is 39.0 Å². The molecule has 1 amide bonds. The topological polar surface area (TPSA) is 93.3 Å². The number of nitrogens with one attached hydrogen (secondary N) is 2. The summed E-state index contributed by atoms with van der Waals surface area (Å²) in [6.07, 6.45) is 2.58. The lowest BCUT2D eigenvalue weighted by atomic mass is 9.88. The van der Waals surface area contributed by atoms with Crippen LogP contribution in [0.5, 0.6) is 5.75 Å². The van der Waals surface area contributed by atoms with Gasteiger partial charge in [0.1, 0.15) is 10.8 Å². The third kappa shape index (κ3) is 5.52. The minimum Gasteiger partial charge on any atom is -0.494 e. The fraction of sp³-hybridized carbons (Fsp3) is 0.458. The van der Waals surface area contributed by atoms with Crippen molar-refractivity contribution in [2.24, 2.45) is 5.92 Å². The maximum atomic E-state index is 12.8. The SMILES string of the molecule is CCOc1ccc2nc(SCC(=O)Nc3sc4c(c3C(=O)OC(C)C)CCC(C)C4)[nH]c2c1. The molecule has 2 aromatic heterocycles. The van der Waals surface area contributed by atoms with E-state index in [1.165, 1.54) is 28.0 Å². The lowest BCUT2D eigenvalue weighted by Gasteiger charge is -2.18. The molecule has 4 rings (SSSR count). The number of rotatable bonds is 8. The normalized spacial score (nSPS) is 15.5. The molecule has 1 atom stereocenters. The van der Waals surface area contributed by atoms with Crippen LogP contribution in [0.2, 0.25) is 0 Å². The summed E-state index contributed by atoms with van der Waals surface area (Å²) in [6.45, 7) is 8.42. The molecule has 1 unspecified atom stereocenters. The number of fused-ring (bicyclic) bond motifs is 2. The fourth-order valence-corrected chi connectivity index (χ4v) is 6.01. The molecule has 9 heteroatoms. The second kappa shape index (κ2) is 10.2. The highest BCUT2D eigenvalue weighted by Gasteiger charge is 2.29. The number of imidazole rings is 1. The Hall–Kier alpha value is -2.52. The number of aromatic nitrogens is 2. The van der Waals surface area contributed by atoms with Crippen LogP contribution in [-0.2, 0) is 22.4 Å². The number of thioether (sulfide) groups is 1. The van der Waals surface area contributed by atoms with Crippen LogP contribution in [0.3, 0.4) is 0 Å². The van der Waals surface area contributed by atoms with E-state index in [9.17, 15) is 9.59 Å². The molecular formula is C24H29N3O4S2. The van der Waals surface area contributed by atoms with Crippen molar-refractivity contribution < 1.29 is 19.1 Å². The predicted octanol–water partition coefficient (Wildman–Crippen LogP) is 5.44. The van der Waals surface area contributed by atoms with Gasteiger partial charge in [-0.3, -0.25) is 4.79 Å². The van der Waals surface area contributed by atoms with E-state index in [2.05, 4.69) is 22.2 Å². The minimum absolute atomic E-state index is 0.176. The second-order valence-corrected chi connectivity index (χ2v) is 10.6. The van der Waals surface area contributed by atoms with Crippen molar-refractivity contribution in [1.29, 1.82) is 0 Å². The van der Waals surface area contributed by atoms with Crippen molar-refractivity contribution in [2.75, 3.05) is 17.7 Å². The van der Waals surface area contributed by atoms with Crippen molar-refractivity contribution in [2.45, 2.75) is 58.2 Å². The summed E-state index contributed by atoms with van der Waals surface area (Å²) in [5.74, 6) is 0.985. The van der Waals surface area contributed by atoms with Gasteiger partial charge in [0.05, 0.1) is 35.1 Å². The number of carbonyl (C=O) groups excluding carboxylic acids is 2. The van der Waals surface area contributed by atoms with Crippen LogP contribution in [0.25, 0.3) is 11.0 Å². The van der Waals surface area contributed by atoms with Gasteiger partial charge in [-0.2, -0.15) is 0 Å². The zero-order chi connectivity index (χ0) is 23.5. The Bertz CT molecular complexity index is 1170. The molecule has 0 saturated carbocycles. The first-order valence-corrected chi connectivity index (χ1v) is 13.0. The summed E-state index contributed by atoms with van der Waals surface area (Å²) in [5, 5.41) is 4.22. The number of H-pyrrole nitrogens is 1. The molecule has 3 aromatic rings. The molecule has 0 aliphatic heterocycles. The van der Waals surface area contributed by atoms with Gasteiger partial charge in [0.15, 0.2) is 5.16 Å². The molecule has 1 aliphatic rings. The lowest BCUT2D eigenvalue weighted by molar-refractivity contribution is -0.113. The molecule has 2 N–H and O–H groups in total. The van der Waals surface area contributed by atoms with Gasteiger partial charge >= 0.3 is 5.97 Å². The van der Waals surface area contributed by atoms with Crippen molar-refractivity contribution in [1.82, 2.24) is 9.97 Å². The molecule has 0 saturated heterocycles. The summed E-state index contributed by atoms with van der Waals surface area (Å²) >= 11 is 2.82. The van der Waals surface area contributed by atoms with Crippen molar-refractivity contribution in [3.05, 3.63) is 34.2 Å². The van der Waals surface area contributed by atoms with Gasteiger partial charge in [-0.25, -0.2) is 9.78 Å². The molecular weight excluding hydrogens is 458 g/mol. The van der Waals surface area contributed by atoms with Crippen molar-refractivity contribution >= 4 is 51.0 Å². The number of hydrogen-bond acceptors (Lipinski definition) is 7. The third-order valence-electron chi connectivity index (χ3n) is 5.39. The van der Waals surface area contributed by atoms with Crippen LogP contribution in [0.15, 0.2) is 23.4 Å². The standard InChI is InChI=1S/C24H29N3O4S2/c1-5-30-15-7-9-17-18(11-15)26-24(25-17)32-12-20(28)27-22-21(23(29)31-13(2)3)16-8-6-14(4)10-19(16)33-22/h7,9,11,13-14H,5-6,8,10,12H2,1-4H3,(H,25,26)(H,27,28). The molecule has 0 spiro atoms. The second-order valence-electron chi connectivity index (χ2n) is 8.50. The van der Waals surface area contributed by atoms with Gasteiger partial charge in [-0.15, -0.1) is 11.3 Å². The first-order chi connectivity index (χ1) is 15.8. The number of hydrogen-bond donors (Lipinski definition) is 2. The average Bonchev–Trinajstić information content (AvgIpc) is 3.31. The number of aromatic amines is 1. The van der Waals surface area contributed by atoms with Gasteiger partial charge in [0, 0.05) is 10.9 Å². The summed E-state index contributed by atoms with van der Waals surface area (Å²) in [4.78, 5) is 34.5. The van der Waals surface area contributed by atoms with E-state index in [0.29, 0.717) is 28.2 Å². The zero-order valence-corrected chi connectivity index (χ0v) is 21.0. The number of thiophene rings is 1. The van der Waals surface area contributed by atoms with Gasteiger partial charge in [0.25, 0.3) is 0 Å². The van der Waals surface area contributed by atoms with Crippen molar-refractivity contribution in [3.63, 3.8) is 0 Å². The van der Waals surface area contributed by atoms with Crippen LogP contribution >= 0.6 is 23.1 Å². The Balaban J connectivity index is 1.47. The molecule has 1 aliphatic carbocycles. The minimum atomic E-state index is -0.359. The van der Waals surface area contributed by atoms with Crippen LogP contribution in [-0.4, -0.2) is 40.3 Å². The monoisotopic (exact) mass is 487 g/mol. The third-order valence-corrected chi connectivity index (χ3v) is 7.44. The molecule has 2 heterocycles. The summed E-state index contributed by atoms with van der Waals surface area (Å²) < 4.78 is 11.0. The molecule has 1 aromatic carbocycles. The quantitative estimate of drug-likeness (QED) is 0.324. The predicted molar refractivity (Wildman–Crippen MR) is 133 cm³/mol. The smallest absolute Gasteiger partial charge is 0.341 e. The van der Waals surface area contributed by atoms with E-state index in [0.717, 1.165) is 41.6 Å². The summed E-state index contributed by atoms with van der Waals surface area (Å²) in [5.41, 5.74) is 3.25. The summed E-state index contributed by atoms with van der Waals surface area (Å²) in [6, 6.07) is 5.68. The van der Waals surface area contributed by atoms with Gasteiger partial charge in [0.2, 0.25) is 5.91 Å². The number of anilines is 1. The molecule has 33 heavy (non-hydrogen) atoms. The molecule has 7 nitrogen and oxygen atoms in total. The van der Waals surface area contributed by atoms with E-state index in [4.69, 9.17) is 9.47 Å².